The molecule has 0 bridgehead atoms. The van der Waals surface area contributed by atoms with Gasteiger partial charge in [0, 0.05) is 17.0 Å². The summed E-state index contributed by atoms with van der Waals surface area (Å²) in [4.78, 5) is 1.90. The van der Waals surface area contributed by atoms with Crippen molar-refractivity contribution in [2.24, 2.45) is 0 Å². The number of nitrogens with two attached hydrogens (primary N) is 1. The van der Waals surface area contributed by atoms with E-state index in [4.69, 9.17) is 22.6 Å². The van der Waals surface area contributed by atoms with Gasteiger partial charge in [0.05, 0.1) is 15.0 Å². The Morgan fingerprint density at radius 2 is 2.20 bits per heavy atom. The summed E-state index contributed by atoms with van der Waals surface area (Å²) in [5.41, 5.74) is 7.92. The van der Waals surface area contributed by atoms with E-state index in [1.165, 1.54) is 29.1 Å². The molecule has 0 unspecified atom stereocenters. The van der Waals surface area contributed by atoms with Crippen molar-refractivity contribution in [1.82, 2.24) is 0 Å². The summed E-state index contributed by atoms with van der Waals surface area (Å²) < 4.78 is 0.825. The molecule has 104 valence electrons. The standard InChI is InChI=1S/C14H14ClN3S2/c15-11-4-3-9(19-11)5-6-18-14-12(8-1-2-8)13(17)10(7-16)20-14/h3-4,8,18H,1-2,5-6,17H2. The van der Waals surface area contributed by atoms with Crippen LogP contribution in [0.2, 0.25) is 4.34 Å². The van der Waals surface area contributed by atoms with Gasteiger partial charge >= 0.3 is 0 Å². The highest BCUT2D eigenvalue weighted by molar-refractivity contribution is 7.17. The van der Waals surface area contributed by atoms with Gasteiger partial charge in [-0.1, -0.05) is 11.6 Å². The zero-order valence-corrected chi connectivity index (χ0v) is 13.2. The average molecular weight is 324 g/mol. The van der Waals surface area contributed by atoms with Gasteiger partial charge in [-0.2, -0.15) is 5.26 Å². The number of hydrogen-bond acceptors (Lipinski definition) is 5. The number of halogens is 1. The monoisotopic (exact) mass is 323 g/mol. The van der Waals surface area contributed by atoms with Gasteiger partial charge in [-0.05, 0) is 37.3 Å². The number of rotatable bonds is 5. The van der Waals surface area contributed by atoms with E-state index < -0.39 is 0 Å². The molecule has 0 amide bonds. The number of hydrogen-bond donors (Lipinski definition) is 2. The van der Waals surface area contributed by atoms with Gasteiger partial charge in [0.1, 0.15) is 10.9 Å². The smallest absolute Gasteiger partial charge is 0.130 e. The molecule has 2 aromatic rings. The third-order valence-electron chi connectivity index (χ3n) is 3.36. The lowest BCUT2D eigenvalue weighted by molar-refractivity contribution is 1.04. The first-order chi connectivity index (χ1) is 9.69. The van der Waals surface area contributed by atoms with E-state index >= 15 is 0 Å². The second-order valence-corrected chi connectivity index (χ2v) is 7.68. The summed E-state index contributed by atoms with van der Waals surface area (Å²) in [7, 11) is 0. The highest BCUT2D eigenvalue weighted by Crippen LogP contribution is 2.50. The van der Waals surface area contributed by atoms with Crippen molar-refractivity contribution in [2.75, 3.05) is 17.6 Å². The van der Waals surface area contributed by atoms with Crippen LogP contribution in [-0.2, 0) is 6.42 Å². The molecule has 3 N–H and O–H groups in total. The van der Waals surface area contributed by atoms with Crippen LogP contribution >= 0.6 is 34.3 Å². The van der Waals surface area contributed by atoms with Crippen molar-refractivity contribution in [3.8, 4) is 6.07 Å². The summed E-state index contributed by atoms with van der Waals surface area (Å²) in [6, 6.07) is 6.17. The number of thiophene rings is 2. The van der Waals surface area contributed by atoms with Gasteiger partial charge in [-0.25, -0.2) is 0 Å². The third-order valence-corrected chi connectivity index (χ3v) is 5.73. The van der Waals surface area contributed by atoms with E-state index in [0.717, 1.165) is 27.9 Å². The molecule has 0 saturated heterocycles. The lowest BCUT2D eigenvalue weighted by Gasteiger charge is -2.06. The zero-order valence-electron chi connectivity index (χ0n) is 10.8. The Balaban J connectivity index is 1.69. The normalized spacial score (nSPS) is 14.2. The van der Waals surface area contributed by atoms with Gasteiger partial charge in [0.25, 0.3) is 0 Å². The second kappa shape index (κ2) is 5.65. The highest BCUT2D eigenvalue weighted by atomic mass is 35.5. The molecule has 1 aliphatic rings. The lowest BCUT2D eigenvalue weighted by atomic mass is 10.1. The predicted octanol–water partition coefficient (Wildman–Crippen LogP) is 4.45. The van der Waals surface area contributed by atoms with Crippen LogP contribution in [0.1, 0.15) is 34.1 Å². The fourth-order valence-electron chi connectivity index (χ4n) is 2.23. The van der Waals surface area contributed by atoms with E-state index in [-0.39, 0.29) is 0 Å². The summed E-state index contributed by atoms with van der Waals surface area (Å²) in [6.07, 6.45) is 3.29. The minimum atomic E-state index is 0.548. The Morgan fingerprint density at radius 3 is 2.80 bits per heavy atom. The number of nitrogens with zero attached hydrogens (tertiary/aromatic N) is 1. The van der Waals surface area contributed by atoms with Crippen molar-refractivity contribution in [1.29, 1.82) is 5.26 Å². The average Bonchev–Trinajstić information content (AvgIpc) is 3.10. The van der Waals surface area contributed by atoms with Crippen molar-refractivity contribution >= 4 is 45.0 Å². The number of nitriles is 1. The van der Waals surface area contributed by atoms with Crippen LogP contribution in [0.3, 0.4) is 0 Å². The maximum absolute atomic E-state index is 9.10. The Kier molecular flexibility index (Phi) is 3.88. The Hall–Kier alpha value is -1.22. The summed E-state index contributed by atoms with van der Waals surface area (Å²) >= 11 is 9.01. The lowest BCUT2D eigenvalue weighted by Crippen LogP contribution is -2.04. The van der Waals surface area contributed by atoms with E-state index in [1.807, 2.05) is 6.07 Å². The Morgan fingerprint density at radius 1 is 1.40 bits per heavy atom. The van der Waals surface area contributed by atoms with Gasteiger partial charge in [-0.15, -0.1) is 22.7 Å². The van der Waals surface area contributed by atoms with Crippen LogP contribution in [-0.4, -0.2) is 6.54 Å². The summed E-state index contributed by atoms with van der Waals surface area (Å²) in [5.74, 6) is 0.548. The first-order valence-electron chi connectivity index (χ1n) is 6.49. The molecule has 20 heavy (non-hydrogen) atoms. The van der Waals surface area contributed by atoms with Crippen LogP contribution < -0.4 is 11.1 Å². The molecule has 3 nitrogen and oxygen atoms in total. The SMILES string of the molecule is N#Cc1sc(NCCc2ccc(Cl)s2)c(C2CC2)c1N. The quantitative estimate of drug-likeness (QED) is 0.854. The van der Waals surface area contributed by atoms with Gasteiger partial charge in [0.2, 0.25) is 0 Å². The molecule has 0 aliphatic heterocycles. The fraction of sp³-hybridized carbons (Fsp3) is 0.357. The zero-order chi connectivity index (χ0) is 14.1. The van der Waals surface area contributed by atoms with Crippen molar-refractivity contribution in [2.45, 2.75) is 25.2 Å². The number of nitrogen functional groups attached to an aromatic ring is 1. The molecule has 1 saturated carbocycles. The van der Waals surface area contributed by atoms with Crippen molar-refractivity contribution in [3.63, 3.8) is 0 Å². The predicted molar refractivity (Wildman–Crippen MR) is 86.9 cm³/mol. The molecule has 0 radical (unpaired) electrons. The van der Waals surface area contributed by atoms with E-state index in [2.05, 4.69) is 17.5 Å². The summed E-state index contributed by atoms with van der Waals surface area (Å²) in [6.45, 7) is 0.835. The van der Waals surface area contributed by atoms with Crippen LogP contribution in [0.4, 0.5) is 10.7 Å². The van der Waals surface area contributed by atoms with Gasteiger partial charge in [0.15, 0.2) is 0 Å². The topological polar surface area (TPSA) is 61.8 Å². The van der Waals surface area contributed by atoms with E-state index in [9.17, 15) is 0 Å². The summed E-state index contributed by atoms with van der Waals surface area (Å²) in [5, 5.41) is 13.6. The molecule has 2 heterocycles. The largest absolute Gasteiger partial charge is 0.397 e. The molecule has 0 aromatic carbocycles. The van der Waals surface area contributed by atoms with Crippen LogP contribution in [0.15, 0.2) is 12.1 Å². The minimum absolute atomic E-state index is 0.548. The van der Waals surface area contributed by atoms with Crippen molar-refractivity contribution in [3.05, 3.63) is 31.8 Å². The van der Waals surface area contributed by atoms with Crippen LogP contribution in [0.25, 0.3) is 0 Å². The Labute approximate surface area is 131 Å². The minimum Gasteiger partial charge on any atom is -0.397 e. The third kappa shape index (κ3) is 2.78. The number of anilines is 2. The maximum Gasteiger partial charge on any atom is 0.130 e. The van der Waals surface area contributed by atoms with Crippen LogP contribution in [0, 0.1) is 11.3 Å². The number of nitrogens with one attached hydrogen (secondary N) is 1. The van der Waals surface area contributed by atoms with E-state index in [1.54, 1.807) is 11.3 Å². The molecule has 0 atom stereocenters. The highest BCUT2D eigenvalue weighted by Gasteiger charge is 2.31. The van der Waals surface area contributed by atoms with Crippen molar-refractivity contribution < 1.29 is 0 Å². The molecule has 1 aliphatic carbocycles. The fourth-order valence-corrected chi connectivity index (χ4v) is 4.35. The molecule has 1 fully saturated rings. The van der Waals surface area contributed by atoms with Gasteiger partial charge < -0.3 is 11.1 Å². The molecule has 0 spiro atoms. The molecular formula is C14H14ClN3S2. The molecule has 3 rings (SSSR count). The maximum atomic E-state index is 9.10. The molecule has 2 aromatic heterocycles. The molecular weight excluding hydrogens is 310 g/mol. The first kappa shape index (κ1) is 13.7. The second-order valence-electron chi connectivity index (χ2n) is 4.86. The molecule has 6 heteroatoms. The van der Waals surface area contributed by atoms with Crippen LogP contribution in [0.5, 0.6) is 0 Å². The van der Waals surface area contributed by atoms with E-state index in [0.29, 0.717) is 16.5 Å². The van der Waals surface area contributed by atoms with Gasteiger partial charge in [-0.3, -0.25) is 0 Å². The first-order valence-corrected chi connectivity index (χ1v) is 8.50. The Bertz CT molecular complexity index is 665.